The summed E-state index contributed by atoms with van der Waals surface area (Å²) in [5.74, 6) is -0.399. The fourth-order valence-corrected chi connectivity index (χ4v) is 1.72. The fourth-order valence-electron chi connectivity index (χ4n) is 1.29. The van der Waals surface area contributed by atoms with Crippen LogP contribution in [0, 0.1) is 0 Å². The Morgan fingerprint density at radius 3 is 2.53 bits per heavy atom. The first-order chi connectivity index (χ1) is 8.92. The van der Waals surface area contributed by atoms with Gasteiger partial charge in [-0.25, -0.2) is 17.9 Å². The Balaban J connectivity index is 2.56. The van der Waals surface area contributed by atoms with Crippen molar-refractivity contribution in [2.24, 2.45) is 0 Å². The number of ether oxygens (including phenoxy) is 1. The van der Waals surface area contributed by atoms with E-state index < -0.39 is 16.0 Å². The smallest absolute Gasteiger partial charge is 0.338 e. The van der Waals surface area contributed by atoms with Gasteiger partial charge in [-0.2, -0.15) is 0 Å². The molecule has 1 N–H and O–H groups in total. The summed E-state index contributed by atoms with van der Waals surface area (Å²) in [6, 6.07) is 6.58. The second-order valence-electron chi connectivity index (χ2n) is 4.00. The van der Waals surface area contributed by atoms with Crippen molar-refractivity contribution < 1.29 is 17.9 Å². The van der Waals surface area contributed by atoms with Crippen LogP contribution >= 0.6 is 0 Å². The van der Waals surface area contributed by atoms with Gasteiger partial charge in [0.15, 0.2) is 0 Å². The number of carbonyl (C=O) groups is 1. The average Bonchev–Trinajstić information content (AvgIpc) is 2.36. The van der Waals surface area contributed by atoms with Gasteiger partial charge in [-0.3, -0.25) is 0 Å². The van der Waals surface area contributed by atoms with E-state index >= 15 is 0 Å². The van der Waals surface area contributed by atoms with Crippen molar-refractivity contribution in [3.63, 3.8) is 0 Å². The van der Waals surface area contributed by atoms with E-state index in [1.54, 1.807) is 30.3 Å². The van der Waals surface area contributed by atoms with Crippen LogP contribution in [0.3, 0.4) is 0 Å². The number of sulfonamides is 1. The normalized spacial score (nSPS) is 11.0. The lowest BCUT2D eigenvalue weighted by Crippen LogP contribution is -2.21. The molecule has 0 aliphatic heterocycles. The Kier molecular flexibility index (Phi) is 5.72. The van der Waals surface area contributed by atoms with Crippen LogP contribution in [0.15, 0.2) is 36.9 Å². The third kappa shape index (κ3) is 6.17. The third-order valence-electron chi connectivity index (χ3n) is 2.28. The zero-order valence-electron chi connectivity index (χ0n) is 10.8. The number of nitrogens with one attached hydrogen (secondary N) is 1. The fraction of sp³-hybridized carbons (Fsp3) is 0.308. The summed E-state index contributed by atoms with van der Waals surface area (Å²) >= 11 is 0. The van der Waals surface area contributed by atoms with Crippen LogP contribution in [-0.2, 0) is 21.3 Å². The quantitative estimate of drug-likeness (QED) is 0.467. The molecule has 6 heteroatoms. The highest BCUT2D eigenvalue weighted by atomic mass is 32.2. The zero-order chi connectivity index (χ0) is 14.3. The Morgan fingerprint density at radius 1 is 1.37 bits per heavy atom. The van der Waals surface area contributed by atoms with Crippen molar-refractivity contribution in [3.05, 3.63) is 48.0 Å². The third-order valence-corrected chi connectivity index (χ3v) is 2.95. The van der Waals surface area contributed by atoms with Gasteiger partial charge in [-0.1, -0.05) is 18.2 Å². The minimum atomic E-state index is -3.21. The van der Waals surface area contributed by atoms with Crippen LogP contribution < -0.4 is 4.72 Å². The minimum absolute atomic E-state index is 0.199. The zero-order valence-corrected chi connectivity index (χ0v) is 11.6. The summed E-state index contributed by atoms with van der Waals surface area (Å²) < 4.78 is 29.2. The summed E-state index contributed by atoms with van der Waals surface area (Å²) in [6.07, 6.45) is 3.38. The Bertz CT molecular complexity index is 534. The molecule has 0 amide bonds. The number of rotatable bonds is 7. The predicted molar refractivity (Wildman–Crippen MR) is 73.2 cm³/mol. The molecule has 1 rings (SSSR count). The first kappa shape index (κ1) is 15.4. The molecule has 0 heterocycles. The maximum Gasteiger partial charge on any atom is 0.338 e. The number of esters is 1. The maximum atomic E-state index is 11.6. The van der Waals surface area contributed by atoms with Gasteiger partial charge in [0.2, 0.25) is 10.0 Å². The molecule has 0 bridgehead atoms. The second kappa shape index (κ2) is 7.06. The SMILES string of the molecule is C=CCCOC(=O)c1ccc(CNS(C)(=O)=O)cc1. The number of hydrogen-bond acceptors (Lipinski definition) is 4. The van der Waals surface area contributed by atoms with Gasteiger partial charge in [0.1, 0.15) is 0 Å². The first-order valence-electron chi connectivity index (χ1n) is 5.74. The van der Waals surface area contributed by atoms with Crippen molar-refractivity contribution in [3.8, 4) is 0 Å². The van der Waals surface area contributed by atoms with Crippen LogP contribution in [0.2, 0.25) is 0 Å². The molecule has 1 aromatic carbocycles. The highest BCUT2D eigenvalue weighted by Gasteiger charge is 2.07. The molecule has 0 unspecified atom stereocenters. The summed E-state index contributed by atoms with van der Waals surface area (Å²) in [7, 11) is -3.21. The lowest BCUT2D eigenvalue weighted by atomic mass is 10.1. The number of hydrogen-bond donors (Lipinski definition) is 1. The van der Waals surface area contributed by atoms with Gasteiger partial charge in [0, 0.05) is 6.54 Å². The number of carbonyl (C=O) groups excluding carboxylic acids is 1. The monoisotopic (exact) mass is 283 g/mol. The van der Waals surface area contributed by atoms with Gasteiger partial charge >= 0.3 is 5.97 Å². The van der Waals surface area contributed by atoms with E-state index in [9.17, 15) is 13.2 Å². The van der Waals surface area contributed by atoms with Crippen molar-refractivity contribution in [1.29, 1.82) is 0 Å². The largest absolute Gasteiger partial charge is 0.462 e. The molecule has 0 saturated heterocycles. The lowest BCUT2D eigenvalue weighted by molar-refractivity contribution is 0.0512. The highest BCUT2D eigenvalue weighted by Crippen LogP contribution is 2.06. The van der Waals surface area contributed by atoms with Crippen molar-refractivity contribution in [2.75, 3.05) is 12.9 Å². The van der Waals surface area contributed by atoms with E-state index in [2.05, 4.69) is 11.3 Å². The van der Waals surface area contributed by atoms with E-state index in [0.717, 1.165) is 11.8 Å². The molecule has 0 atom stereocenters. The molecule has 0 aliphatic rings. The predicted octanol–water partition coefficient (Wildman–Crippen LogP) is 1.47. The van der Waals surface area contributed by atoms with Gasteiger partial charge in [0.25, 0.3) is 0 Å². The van der Waals surface area contributed by atoms with Crippen molar-refractivity contribution in [1.82, 2.24) is 4.72 Å². The van der Waals surface area contributed by atoms with Gasteiger partial charge in [-0.05, 0) is 24.1 Å². The molecule has 0 fully saturated rings. The Labute approximate surface area is 113 Å². The van der Waals surface area contributed by atoms with Gasteiger partial charge in [-0.15, -0.1) is 6.58 Å². The van der Waals surface area contributed by atoms with Crippen LogP contribution in [0.5, 0.6) is 0 Å². The van der Waals surface area contributed by atoms with Crippen molar-refractivity contribution in [2.45, 2.75) is 13.0 Å². The minimum Gasteiger partial charge on any atom is -0.462 e. The van der Waals surface area contributed by atoms with Crippen LogP contribution in [0.4, 0.5) is 0 Å². The first-order valence-corrected chi connectivity index (χ1v) is 7.63. The molecule has 0 aliphatic carbocycles. The van der Waals surface area contributed by atoms with Gasteiger partial charge < -0.3 is 4.74 Å². The Morgan fingerprint density at radius 2 is 2.00 bits per heavy atom. The molecular weight excluding hydrogens is 266 g/mol. The second-order valence-corrected chi connectivity index (χ2v) is 5.84. The summed E-state index contributed by atoms with van der Waals surface area (Å²) in [4.78, 5) is 11.6. The van der Waals surface area contributed by atoms with E-state index in [4.69, 9.17) is 4.74 Å². The average molecular weight is 283 g/mol. The molecule has 0 aromatic heterocycles. The number of benzene rings is 1. The van der Waals surface area contributed by atoms with E-state index in [1.807, 2.05) is 0 Å². The molecule has 104 valence electrons. The van der Waals surface area contributed by atoms with Crippen LogP contribution in [0.25, 0.3) is 0 Å². The molecule has 0 spiro atoms. The summed E-state index contributed by atoms with van der Waals surface area (Å²) in [5.41, 5.74) is 1.21. The topological polar surface area (TPSA) is 72.5 Å². The lowest BCUT2D eigenvalue weighted by Gasteiger charge is -2.05. The summed E-state index contributed by atoms with van der Waals surface area (Å²) in [6.45, 7) is 4.04. The summed E-state index contributed by atoms with van der Waals surface area (Å²) in [5, 5.41) is 0. The van der Waals surface area contributed by atoms with Crippen LogP contribution in [-0.4, -0.2) is 27.2 Å². The Hall–Kier alpha value is -1.66. The molecule has 0 saturated carbocycles. The standard InChI is InChI=1S/C13H17NO4S/c1-3-4-9-18-13(15)12-7-5-11(6-8-12)10-14-19(2,16)17/h3,5-8,14H,1,4,9-10H2,2H3. The van der Waals surface area contributed by atoms with E-state index in [1.165, 1.54) is 0 Å². The molecule has 5 nitrogen and oxygen atoms in total. The molecule has 19 heavy (non-hydrogen) atoms. The van der Waals surface area contributed by atoms with E-state index in [-0.39, 0.29) is 6.54 Å². The molecule has 0 radical (unpaired) electrons. The van der Waals surface area contributed by atoms with E-state index in [0.29, 0.717) is 18.6 Å². The molecular formula is C13H17NO4S. The van der Waals surface area contributed by atoms with Crippen molar-refractivity contribution >= 4 is 16.0 Å². The highest BCUT2D eigenvalue weighted by molar-refractivity contribution is 7.88. The maximum absolute atomic E-state index is 11.6. The molecule has 1 aromatic rings. The van der Waals surface area contributed by atoms with Crippen LogP contribution in [0.1, 0.15) is 22.3 Å². The van der Waals surface area contributed by atoms with Gasteiger partial charge in [0.05, 0.1) is 18.4 Å².